The number of hydrogen-bond acceptors (Lipinski definition) is 5. The van der Waals surface area contributed by atoms with Crippen LogP contribution in [-0.4, -0.2) is 23.6 Å². The number of nitrogens with zero attached hydrogens (tertiary/aromatic N) is 2. The van der Waals surface area contributed by atoms with Crippen molar-refractivity contribution < 1.29 is 9.66 Å². The molecule has 7 heteroatoms. The minimum atomic E-state index is -0.835. The molecule has 0 spiro atoms. The Morgan fingerprint density at radius 1 is 1.63 bits per heavy atom. The summed E-state index contributed by atoms with van der Waals surface area (Å²) in [5.74, 6) is 0.341. The van der Waals surface area contributed by atoms with Crippen LogP contribution in [0.3, 0.4) is 0 Å². The largest absolute Gasteiger partial charge is 0.489 e. The van der Waals surface area contributed by atoms with Crippen molar-refractivity contribution in [3.05, 3.63) is 32.8 Å². The van der Waals surface area contributed by atoms with Gasteiger partial charge in [-0.15, -0.1) is 0 Å². The molecule has 1 rings (SSSR count). The molecule has 1 aromatic rings. The van der Waals surface area contributed by atoms with E-state index in [0.29, 0.717) is 12.3 Å². The van der Waals surface area contributed by atoms with Gasteiger partial charge in [0, 0.05) is 6.07 Å². The Bertz CT molecular complexity index is 515. The highest BCUT2D eigenvalue weighted by Gasteiger charge is 2.25. The van der Waals surface area contributed by atoms with Gasteiger partial charge < -0.3 is 4.74 Å². The fourth-order valence-electron chi connectivity index (χ4n) is 1.49. The molecule has 0 aliphatic carbocycles. The highest BCUT2D eigenvalue weighted by molar-refractivity contribution is 9.10. The van der Waals surface area contributed by atoms with Crippen LogP contribution in [0.2, 0.25) is 0 Å². The van der Waals surface area contributed by atoms with E-state index in [1.54, 1.807) is 13.0 Å². The van der Waals surface area contributed by atoms with Gasteiger partial charge in [-0.2, -0.15) is 5.26 Å². The van der Waals surface area contributed by atoms with E-state index in [1.165, 1.54) is 12.1 Å². The number of benzene rings is 1. The first-order valence-corrected chi connectivity index (χ1v) is 6.45. The second kappa shape index (κ2) is 6.50. The molecule has 1 N–H and O–H groups in total. The van der Waals surface area contributed by atoms with Crippen molar-refractivity contribution in [2.75, 3.05) is 13.2 Å². The third-order valence-electron chi connectivity index (χ3n) is 2.47. The van der Waals surface area contributed by atoms with Crippen LogP contribution in [0.5, 0.6) is 5.75 Å². The maximum atomic E-state index is 10.8. The first kappa shape index (κ1) is 15.4. The predicted molar refractivity (Wildman–Crippen MR) is 74.0 cm³/mol. The molecule has 0 bridgehead atoms. The monoisotopic (exact) mass is 327 g/mol. The van der Waals surface area contributed by atoms with Crippen molar-refractivity contribution in [2.24, 2.45) is 0 Å². The van der Waals surface area contributed by atoms with Crippen LogP contribution in [0.1, 0.15) is 13.8 Å². The van der Waals surface area contributed by atoms with Gasteiger partial charge in [-0.25, -0.2) is 0 Å². The predicted octanol–water partition coefficient (Wildman–Crippen LogP) is 2.63. The number of nitriles is 1. The van der Waals surface area contributed by atoms with Crippen LogP contribution < -0.4 is 10.1 Å². The van der Waals surface area contributed by atoms with E-state index >= 15 is 0 Å². The molecule has 102 valence electrons. The van der Waals surface area contributed by atoms with E-state index in [9.17, 15) is 10.1 Å². The first-order chi connectivity index (χ1) is 8.93. The summed E-state index contributed by atoms with van der Waals surface area (Å²) >= 11 is 3.14. The topological polar surface area (TPSA) is 88.2 Å². The Kier molecular flexibility index (Phi) is 5.27. The van der Waals surface area contributed by atoms with Crippen molar-refractivity contribution in [1.29, 1.82) is 5.26 Å². The molecule has 0 saturated heterocycles. The minimum absolute atomic E-state index is 0.0698. The van der Waals surface area contributed by atoms with Crippen molar-refractivity contribution in [1.82, 2.24) is 5.32 Å². The number of nitro groups is 1. The number of likely N-dealkylation sites (N-methyl/N-ethyl adjacent to an activating group) is 1. The molecule has 0 amide bonds. The molecule has 1 atom stereocenters. The molecular weight excluding hydrogens is 314 g/mol. The Morgan fingerprint density at radius 3 is 2.84 bits per heavy atom. The molecule has 1 unspecified atom stereocenters. The third kappa shape index (κ3) is 3.91. The SMILES string of the molecule is CCNC(C)(C#N)COc1cccc([N+](=O)[O-])c1Br. The number of nitrogens with one attached hydrogen (secondary N) is 1. The van der Waals surface area contributed by atoms with E-state index in [4.69, 9.17) is 10.00 Å². The van der Waals surface area contributed by atoms with Gasteiger partial charge in [0.05, 0.1) is 11.0 Å². The van der Waals surface area contributed by atoms with E-state index in [2.05, 4.69) is 27.3 Å². The Hall–Kier alpha value is -1.65. The fraction of sp³-hybridized carbons (Fsp3) is 0.417. The van der Waals surface area contributed by atoms with Crippen LogP contribution in [0, 0.1) is 21.4 Å². The maximum absolute atomic E-state index is 10.8. The Morgan fingerprint density at radius 2 is 2.32 bits per heavy atom. The molecular formula is C12H14BrN3O3. The van der Waals surface area contributed by atoms with E-state index in [-0.39, 0.29) is 16.8 Å². The zero-order valence-electron chi connectivity index (χ0n) is 10.6. The van der Waals surface area contributed by atoms with Gasteiger partial charge in [0.15, 0.2) is 0 Å². The summed E-state index contributed by atoms with van der Waals surface area (Å²) in [6.07, 6.45) is 0. The van der Waals surface area contributed by atoms with Gasteiger partial charge in [-0.3, -0.25) is 15.4 Å². The number of halogens is 1. The lowest BCUT2D eigenvalue weighted by Gasteiger charge is -2.22. The third-order valence-corrected chi connectivity index (χ3v) is 3.27. The van der Waals surface area contributed by atoms with Crippen LogP contribution >= 0.6 is 15.9 Å². The van der Waals surface area contributed by atoms with Crippen molar-refractivity contribution in [2.45, 2.75) is 19.4 Å². The highest BCUT2D eigenvalue weighted by atomic mass is 79.9. The number of rotatable bonds is 6. The molecule has 0 aliphatic rings. The molecule has 0 radical (unpaired) electrons. The summed E-state index contributed by atoms with van der Waals surface area (Å²) in [4.78, 5) is 10.3. The molecule has 0 aliphatic heterocycles. The van der Waals surface area contributed by atoms with E-state index < -0.39 is 10.5 Å². The van der Waals surface area contributed by atoms with Gasteiger partial charge in [-0.1, -0.05) is 13.0 Å². The van der Waals surface area contributed by atoms with E-state index in [0.717, 1.165) is 0 Å². The fourth-order valence-corrected chi connectivity index (χ4v) is 2.01. The summed E-state index contributed by atoms with van der Waals surface area (Å²) in [5, 5.41) is 22.9. The molecule has 0 aromatic heterocycles. The second-order valence-electron chi connectivity index (χ2n) is 4.11. The number of nitro benzene ring substituents is 1. The molecule has 0 fully saturated rings. The van der Waals surface area contributed by atoms with Crippen molar-refractivity contribution in [3.8, 4) is 11.8 Å². The standard InChI is InChI=1S/C12H14BrN3O3/c1-3-15-12(2,7-14)8-19-10-6-4-5-9(11(10)13)16(17)18/h4-6,15H,3,8H2,1-2H3. The summed E-state index contributed by atoms with van der Waals surface area (Å²) < 4.78 is 5.77. The zero-order chi connectivity index (χ0) is 14.5. The summed E-state index contributed by atoms with van der Waals surface area (Å²) in [6.45, 7) is 4.32. The summed E-state index contributed by atoms with van der Waals surface area (Å²) in [7, 11) is 0. The summed E-state index contributed by atoms with van der Waals surface area (Å²) in [6, 6.07) is 6.65. The average molecular weight is 328 g/mol. The summed E-state index contributed by atoms with van der Waals surface area (Å²) in [5.41, 5.74) is -0.904. The molecule has 0 saturated carbocycles. The molecule has 1 aromatic carbocycles. The van der Waals surface area contributed by atoms with Crippen molar-refractivity contribution in [3.63, 3.8) is 0 Å². The van der Waals surface area contributed by atoms with Crippen LogP contribution in [0.4, 0.5) is 5.69 Å². The van der Waals surface area contributed by atoms with Crippen LogP contribution in [0.25, 0.3) is 0 Å². The Labute approximate surface area is 119 Å². The molecule has 0 heterocycles. The zero-order valence-corrected chi connectivity index (χ0v) is 12.2. The lowest BCUT2D eigenvalue weighted by molar-refractivity contribution is -0.385. The van der Waals surface area contributed by atoms with Gasteiger partial charge in [-0.05, 0) is 35.5 Å². The smallest absolute Gasteiger partial charge is 0.287 e. The van der Waals surface area contributed by atoms with Gasteiger partial charge in [0.25, 0.3) is 5.69 Å². The average Bonchev–Trinajstić information content (AvgIpc) is 2.37. The molecule has 6 nitrogen and oxygen atoms in total. The lowest BCUT2D eigenvalue weighted by atomic mass is 10.1. The quantitative estimate of drug-likeness (QED) is 0.640. The van der Waals surface area contributed by atoms with Crippen molar-refractivity contribution >= 4 is 21.6 Å². The lowest BCUT2D eigenvalue weighted by Crippen LogP contribution is -2.46. The molecule has 19 heavy (non-hydrogen) atoms. The van der Waals surface area contributed by atoms with Crippen LogP contribution in [-0.2, 0) is 0 Å². The van der Waals surface area contributed by atoms with Crippen LogP contribution in [0.15, 0.2) is 22.7 Å². The number of ether oxygens (including phenoxy) is 1. The van der Waals surface area contributed by atoms with E-state index in [1.807, 2.05) is 6.92 Å². The minimum Gasteiger partial charge on any atom is -0.489 e. The van der Waals surface area contributed by atoms with Gasteiger partial charge in [0.2, 0.25) is 0 Å². The van der Waals surface area contributed by atoms with Gasteiger partial charge >= 0.3 is 0 Å². The normalized spacial score (nSPS) is 13.4. The number of hydrogen-bond donors (Lipinski definition) is 1. The highest BCUT2D eigenvalue weighted by Crippen LogP contribution is 2.34. The Balaban J connectivity index is 2.87. The van der Waals surface area contributed by atoms with Gasteiger partial charge in [0.1, 0.15) is 22.4 Å². The first-order valence-electron chi connectivity index (χ1n) is 5.65. The second-order valence-corrected chi connectivity index (χ2v) is 4.90. The maximum Gasteiger partial charge on any atom is 0.287 e.